The first-order valence-corrected chi connectivity index (χ1v) is 44.2. The first kappa shape index (κ1) is 97.1. The summed E-state index contributed by atoms with van der Waals surface area (Å²) in [5, 5.41) is 10.6. The van der Waals surface area contributed by atoms with Crippen molar-refractivity contribution in [3.8, 4) is 0 Å². The number of hydrogen-bond donors (Lipinski definition) is 3. The third-order valence-corrected chi connectivity index (χ3v) is 20.5. The summed E-state index contributed by atoms with van der Waals surface area (Å²) in [4.78, 5) is 73.0. The van der Waals surface area contributed by atoms with E-state index in [1.807, 2.05) is 0 Å². The van der Waals surface area contributed by atoms with Gasteiger partial charge in [0.2, 0.25) is 0 Å². The summed E-state index contributed by atoms with van der Waals surface area (Å²) >= 11 is 0. The van der Waals surface area contributed by atoms with Crippen molar-refractivity contribution >= 4 is 39.5 Å². The van der Waals surface area contributed by atoms with Crippen LogP contribution in [0.5, 0.6) is 0 Å². The van der Waals surface area contributed by atoms with E-state index in [0.29, 0.717) is 25.7 Å². The topological polar surface area (TPSA) is 237 Å². The Bertz CT molecular complexity index is 1940. The summed E-state index contributed by atoms with van der Waals surface area (Å²) in [6.45, 7) is 14.2. The zero-order valence-corrected chi connectivity index (χ0v) is 66.9. The van der Waals surface area contributed by atoms with E-state index in [2.05, 4.69) is 55.4 Å². The molecule has 0 fully saturated rings. The fourth-order valence-corrected chi connectivity index (χ4v) is 13.8. The van der Waals surface area contributed by atoms with E-state index in [-0.39, 0.29) is 25.7 Å². The fraction of sp³-hybridized carbons (Fsp3) is 0.950. The number of phosphoric acid groups is 2. The highest BCUT2D eigenvalue weighted by Gasteiger charge is 2.30. The minimum atomic E-state index is -4.96. The number of aliphatic hydroxyl groups is 1. The molecule has 0 aliphatic rings. The minimum absolute atomic E-state index is 0.105. The van der Waals surface area contributed by atoms with Crippen LogP contribution in [0.2, 0.25) is 0 Å². The molecular weight excluding hydrogens is 1290 g/mol. The van der Waals surface area contributed by atoms with Crippen LogP contribution < -0.4 is 0 Å². The number of hydrogen-bond acceptors (Lipinski definition) is 15. The zero-order chi connectivity index (χ0) is 73.1. The van der Waals surface area contributed by atoms with Crippen molar-refractivity contribution < 1.29 is 80.2 Å². The molecule has 0 aromatic heterocycles. The molecule has 5 atom stereocenters. The lowest BCUT2D eigenvalue weighted by Gasteiger charge is -2.21. The molecule has 0 aliphatic carbocycles. The maximum absolute atomic E-state index is 13.1. The molecular formula is C80H156O17P2. The number of carbonyl (C=O) groups excluding carboxylic acids is 4. The lowest BCUT2D eigenvalue weighted by molar-refractivity contribution is -0.161. The Kier molecular flexibility index (Phi) is 67.8. The fourth-order valence-electron chi connectivity index (χ4n) is 12.3. The molecule has 3 unspecified atom stereocenters. The van der Waals surface area contributed by atoms with Crippen molar-refractivity contribution in [2.24, 2.45) is 23.7 Å². The predicted molar refractivity (Wildman–Crippen MR) is 404 cm³/mol. The first-order valence-electron chi connectivity index (χ1n) is 41.2. The van der Waals surface area contributed by atoms with Crippen LogP contribution in [-0.2, 0) is 65.4 Å². The monoisotopic (exact) mass is 1450 g/mol. The van der Waals surface area contributed by atoms with E-state index < -0.39 is 97.5 Å². The predicted octanol–water partition coefficient (Wildman–Crippen LogP) is 23.6. The third-order valence-electron chi connectivity index (χ3n) is 18.6. The van der Waals surface area contributed by atoms with Gasteiger partial charge in [-0.3, -0.25) is 37.3 Å². The molecule has 0 radical (unpaired) electrons. The van der Waals surface area contributed by atoms with Crippen molar-refractivity contribution in [1.82, 2.24) is 0 Å². The Morgan fingerprint density at radius 3 is 0.626 bits per heavy atom. The van der Waals surface area contributed by atoms with Gasteiger partial charge in [-0.25, -0.2) is 9.13 Å². The van der Waals surface area contributed by atoms with Crippen LogP contribution in [0, 0.1) is 23.7 Å². The lowest BCUT2D eigenvalue weighted by atomic mass is 10.0. The smallest absolute Gasteiger partial charge is 0.462 e. The van der Waals surface area contributed by atoms with Crippen LogP contribution in [-0.4, -0.2) is 96.7 Å². The molecule has 0 aromatic rings. The largest absolute Gasteiger partial charge is 0.472 e. The maximum atomic E-state index is 13.1. The normalized spacial score (nSPS) is 14.1. The Morgan fingerprint density at radius 2 is 0.424 bits per heavy atom. The van der Waals surface area contributed by atoms with Gasteiger partial charge in [-0.15, -0.1) is 0 Å². The summed E-state index contributed by atoms with van der Waals surface area (Å²) in [5.74, 6) is 0.948. The molecule has 0 bridgehead atoms. The zero-order valence-electron chi connectivity index (χ0n) is 65.1. The van der Waals surface area contributed by atoms with Crippen molar-refractivity contribution in [3.05, 3.63) is 0 Å². The molecule has 3 N–H and O–H groups in total. The standard InChI is InChI=1S/C80H156O17P2/c1-70(2)56-48-40-32-24-19-15-13-11-9-10-12-14-16-22-28-38-46-54-62-79(84)96-75(66-90-77(82)60-52-44-36-27-21-18-17-20-25-33-41-49-57-71(3)4)68-94-98(86,87)92-64-74(81)65-93-99(88,89)95-69-76(67-91-78(83)61-53-45-37-31-30-35-43-51-59-73(7)8)97-80(85)63-55-47-39-29-23-26-34-42-50-58-72(5)6/h70-76,81H,9-69H2,1-8H3,(H,86,87)(H,88,89)/t74?,75-,76-/m1/s1. The first-order chi connectivity index (χ1) is 47.6. The number of rotatable bonds is 77. The van der Waals surface area contributed by atoms with Gasteiger partial charge < -0.3 is 33.8 Å². The van der Waals surface area contributed by atoms with Crippen molar-refractivity contribution in [1.29, 1.82) is 0 Å². The third kappa shape index (κ3) is 74.1. The Morgan fingerprint density at radius 1 is 0.253 bits per heavy atom. The SMILES string of the molecule is CC(C)CCCCCCCCCCCCCCCCCCCCC(=O)O[C@H](COC(=O)CCCCCCCCCCCCCCC(C)C)COP(=O)(O)OCC(O)COP(=O)(O)OC[C@@H](COC(=O)CCCCCCCCCCC(C)C)OC(=O)CCCCCCCCCCCC(C)C. The Hall–Kier alpha value is -1.94. The van der Waals surface area contributed by atoms with Crippen LogP contribution in [0.1, 0.15) is 409 Å². The van der Waals surface area contributed by atoms with Crippen LogP contribution in [0.4, 0.5) is 0 Å². The number of aliphatic hydroxyl groups excluding tert-OH is 1. The number of unbranched alkanes of at least 4 members (excludes halogenated alkanes) is 43. The highest BCUT2D eigenvalue weighted by atomic mass is 31.2. The molecule has 19 heteroatoms. The highest BCUT2D eigenvalue weighted by molar-refractivity contribution is 7.47. The second-order valence-electron chi connectivity index (χ2n) is 30.7. The van der Waals surface area contributed by atoms with E-state index in [0.717, 1.165) is 114 Å². The molecule has 0 amide bonds. The van der Waals surface area contributed by atoms with Crippen molar-refractivity contribution in [2.75, 3.05) is 39.6 Å². The van der Waals surface area contributed by atoms with E-state index in [1.54, 1.807) is 0 Å². The number of carbonyl (C=O) groups is 4. The average Bonchev–Trinajstić information content (AvgIpc) is 0.942. The van der Waals surface area contributed by atoms with E-state index >= 15 is 0 Å². The van der Waals surface area contributed by atoms with E-state index in [1.165, 1.54) is 212 Å². The molecule has 99 heavy (non-hydrogen) atoms. The summed E-state index contributed by atoms with van der Waals surface area (Å²) in [6, 6.07) is 0. The van der Waals surface area contributed by atoms with Crippen LogP contribution in [0.3, 0.4) is 0 Å². The molecule has 0 aromatic carbocycles. The average molecular weight is 1450 g/mol. The number of esters is 4. The summed E-state index contributed by atoms with van der Waals surface area (Å²) in [7, 11) is -9.92. The van der Waals surface area contributed by atoms with Gasteiger partial charge in [0.15, 0.2) is 12.2 Å². The van der Waals surface area contributed by atoms with Gasteiger partial charge in [-0.1, -0.05) is 357 Å². The highest BCUT2D eigenvalue weighted by Crippen LogP contribution is 2.45. The van der Waals surface area contributed by atoms with Gasteiger partial charge in [-0.2, -0.15) is 0 Å². The van der Waals surface area contributed by atoms with E-state index in [9.17, 15) is 43.2 Å². The molecule has 17 nitrogen and oxygen atoms in total. The number of phosphoric ester groups is 2. The number of ether oxygens (including phenoxy) is 4. The van der Waals surface area contributed by atoms with Gasteiger partial charge in [0.25, 0.3) is 0 Å². The summed E-state index contributed by atoms with van der Waals surface area (Å²) < 4.78 is 68.7. The van der Waals surface area contributed by atoms with E-state index in [4.69, 9.17) is 37.0 Å². The second-order valence-corrected chi connectivity index (χ2v) is 33.6. The van der Waals surface area contributed by atoms with Crippen molar-refractivity contribution in [3.63, 3.8) is 0 Å². The molecule has 0 aliphatic heterocycles. The minimum Gasteiger partial charge on any atom is -0.462 e. The van der Waals surface area contributed by atoms with Gasteiger partial charge >= 0.3 is 39.5 Å². The van der Waals surface area contributed by atoms with Gasteiger partial charge in [0, 0.05) is 25.7 Å². The molecule has 0 rings (SSSR count). The second kappa shape index (κ2) is 69.1. The molecule has 0 saturated heterocycles. The van der Waals surface area contributed by atoms with Gasteiger partial charge in [0.1, 0.15) is 19.3 Å². The summed E-state index contributed by atoms with van der Waals surface area (Å²) in [6.07, 6.45) is 55.6. The molecule has 588 valence electrons. The van der Waals surface area contributed by atoms with Crippen LogP contribution >= 0.6 is 15.6 Å². The van der Waals surface area contributed by atoms with Crippen LogP contribution in [0.15, 0.2) is 0 Å². The van der Waals surface area contributed by atoms with Crippen molar-refractivity contribution in [2.45, 2.75) is 427 Å². The lowest BCUT2D eigenvalue weighted by Crippen LogP contribution is -2.30. The molecule has 0 heterocycles. The van der Waals surface area contributed by atoms with Crippen LogP contribution in [0.25, 0.3) is 0 Å². The van der Waals surface area contributed by atoms with Gasteiger partial charge in [0.05, 0.1) is 26.4 Å². The molecule has 0 spiro atoms. The summed E-state index contributed by atoms with van der Waals surface area (Å²) in [5.41, 5.74) is 0. The molecule has 0 saturated carbocycles. The van der Waals surface area contributed by atoms with Gasteiger partial charge in [-0.05, 0) is 49.4 Å². The maximum Gasteiger partial charge on any atom is 0.472 e. The Labute approximate surface area is 607 Å². The Balaban J connectivity index is 5.23. The quantitative estimate of drug-likeness (QED) is 0.0222.